The molecule has 0 spiro atoms. The Morgan fingerprint density at radius 2 is 2.11 bits per heavy atom. The van der Waals surface area contributed by atoms with Gasteiger partial charge in [0.2, 0.25) is 5.95 Å². The van der Waals surface area contributed by atoms with Gasteiger partial charge >= 0.3 is 0 Å². The number of anilines is 1. The lowest BCUT2D eigenvalue weighted by Gasteiger charge is -2.42. The fourth-order valence-corrected chi connectivity index (χ4v) is 4.72. The maximum absolute atomic E-state index is 12.2. The summed E-state index contributed by atoms with van der Waals surface area (Å²) in [6, 6.07) is 0. The van der Waals surface area contributed by atoms with Gasteiger partial charge in [-0.1, -0.05) is 13.8 Å². The molecule has 1 atom stereocenters. The molecule has 7 nitrogen and oxygen atoms in total. The molecule has 2 fully saturated rings. The smallest absolute Gasteiger partial charge is 0.225 e. The van der Waals surface area contributed by atoms with Gasteiger partial charge in [0, 0.05) is 31.8 Å². The van der Waals surface area contributed by atoms with E-state index < -0.39 is 9.84 Å². The summed E-state index contributed by atoms with van der Waals surface area (Å²) < 4.78 is 30.5. The molecular formula is C18H31ClN4O3S. The fourth-order valence-electron chi connectivity index (χ4n) is 3.88. The van der Waals surface area contributed by atoms with E-state index in [2.05, 4.69) is 29.0 Å². The van der Waals surface area contributed by atoms with E-state index in [1.165, 1.54) is 12.5 Å². The Labute approximate surface area is 168 Å². The van der Waals surface area contributed by atoms with E-state index in [0.29, 0.717) is 18.2 Å². The van der Waals surface area contributed by atoms with Crippen molar-refractivity contribution in [3.05, 3.63) is 11.9 Å². The molecule has 0 aliphatic carbocycles. The Balaban J connectivity index is 0.00000261. The average molecular weight is 419 g/mol. The molecule has 9 heteroatoms. The SMILES string of the molecule is CCC1(CC)CN(c2ncc(S(C)(=O)=O)c(C3CCCNC3)n2)CCO1.Cl. The summed E-state index contributed by atoms with van der Waals surface area (Å²) in [6.07, 6.45) is 6.57. The first-order chi connectivity index (χ1) is 12.4. The van der Waals surface area contributed by atoms with Gasteiger partial charge in [0.25, 0.3) is 0 Å². The molecule has 0 amide bonds. The number of nitrogens with zero attached hydrogens (tertiary/aromatic N) is 3. The average Bonchev–Trinajstić information content (AvgIpc) is 2.67. The van der Waals surface area contributed by atoms with Crippen LogP contribution in [0.25, 0.3) is 0 Å². The van der Waals surface area contributed by atoms with Crippen molar-refractivity contribution in [3.8, 4) is 0 Å². The number of piperidine rings is 1. The maximum Gasteiger partial charge on any atom is 0.225 e. The van der Waals surface area contributed by atoms with Crippen LogP contribution in [-0.4, -0.2) is 63.0 Å². The van der Waals surface area contributed by atoms with Crippen molar-refractivity contribution in [2.45, 2.75) is 55.9 Å². The van der Waals surface area contributed by atoms with Gasteiger partial charge in [0.15, 0.2) is 9.84 Å². The van der Waals surface area contributed by atoms with Crippen LogP contribution in [0, 0.1) is 0 Å². The zero-order valence-corrected chi connectivity index (χ0v) is 18.0. The van der Waals surface area contributed by atoms with Gasteiger partial charge in [0.1, 0.15) is 4.90 Å². The number of halogens is 1. The van der Waals surface area contributed by atoms with Gasteiger partial charge < -0.3 is 15.0 Å². The third kappa shape index (κ3) is 4.91. The predicted octanol–water partition coefficient (Wildman–Crippen LogP) is 2.16. The summed E-state index contributed by atoms with van der Waals surface area (Å²) in [5.41, 5.74) is 0.485. The quantitative estimate of drug-likeness (QED) is 0.784. The van der Waals surface area contributed by atoms with Gasteiger partial charge in [-0.3, -0.25) is 0 Å². The number of hydrogen-bond acceptors (Lipinski definition) is 7. The highest BCUT2D eigenvalue weighted by Gasteiger charge is 2.35. The van der Waals surface area contributed by atoms with Crippen molar-refractivity contribution in [2.75, 3.05) is 43.9 Å². The lowest BCUT2D eigenvalue weighted by atomic mass is 9.95. The number of morpholine rings is 1. The maximum atomic E-state index is 12.2. The number of hydrogen-bond donors (Lipinski definition) is 1. The Morgan fingerprint density at radius 3 is 2.70 bits per heavy atom. The molecule has 0 aromatic carbocycles. The lowest BCUT2D eigenvalue weighted by Crippen LogP contribution is -2.52. The molecule has 2 saturated heterocycles. The van der Waals surface area contributed by atoms with E-state index in [-0.39, 0.29) is 28.8 Å². The first-order valence-corrected chi connectivity index (χ1v) is 11.4. The molecule has 3 heterocycles. The Morgan fingerprint density at radius 1 is 1.37 bits per heavy atom. The molecule has 0 bridgehead atoms. The van der Waals surface area contributed by atoms with Crippen LogP contribution in [0.15, 0.2) is 11.1 Å². The van der Waals surface area contributed by atoms with Gasteiger partial charge in [-0.15, -0.1) is 12.4 Å². The van der Waals surface area contributed by atoms with Crippen LogP contribution in [0.3, 0.4) is 0 Å². The van der Waals surface area contributed by atoms with E-state index in [1.807, 2.05) is 0 Å². The van der Waals surface area contributed by atoms with E-state index in [9.17, 15) is 8.42 Å². The van der Waals surface area contributed by atoms with Gasteiger partial charge in [-0.25, -0.2) is 18.4 Å². The van der Waals surface area contributed by atoms with E-state index >= 15 is 0 Å². The highest BCUT2D eigenvalue weighted by Crippen LogP contribution is 2.31. The van der Waals surface area contributed by atoms with E-state index in [1.54, 1.807) is 0 Å². The first kappa shape index (κ1) is 22.3. The third-order valence-electron chi connectivity index (χ3n) is 5.67. The highest BCUT2D eigenvalue weighted by atomic mass is 35.5. The second-order valence-corrected chi connectivity index (χ2v) is 9.38. The van der Waals surface area contributed by atoms with Crippen molar-refractivity contribution in [1.82, 2.24) is 15.3 Å². The Bertz CT molecular complexity index is 734. The van der Waals surface area contributed by atoms with Crippen LogP contribution in [0.4, 0.5) is 5.95 Å². The summed E-state index contributed by atoms with van der Waals surface area (Å²) in [7, 11) is -3.36. The molecule has 1 aromatic heterocycles. The predicted molar refractivity (Wildman–Crippen MR) is 109 cm³/mol. The number of aromatic nitrogens is 2. The summed E-state index contributed by atoms with van der Waals surface area (Å²) in [6.45, 7) is 8.11. The normalized spacial score (nSPS) is 22.9. The van der Waals surface area contributed by atoms with E-state index in [0.717, 1.165) is 51.9 Å². The third-order valence-corrected chi connectivity index (χ3v) is 6.79. The van der Waals surface area contributed by atoms with Crippen molar-refractivity contribution >= 4 is 28.2 Å². The summed E-state index contributed by atoms with van der Waals surface area (Å²) in [5.74, 6) is 0.728. The Hall–Kier alpha value is -0.960. The molecule has 3 rings (SSSR count). The van der Waals surface area contributed by atoms with Crippen molar-refractivity contribution in [2.24, 2.45) is 0 Å². The monoisotopic (exact) mass is 418 g/mol. The topological polar surface area (TPSA) is 84.4 Å². The molecule has 0 saturated carbocycles. The molecule has 2 aliphatic rings. The Kier molecular flexibility index (Phi) is 7.47. The standard InChI is InChI=1S/C18H30N4O3S.ClH/c1-4-18(5-2)13-22(9-10-25-18)17-20-12-15(26(3,23)24)16(21-17)14-7-6-8-19-11-14;/h12,14,19H,4-11,13H2,1-3H3;1H. The molecule has 0 radical (unpaired) electrons. The largest absolute Gasteiger partial charge is 0.371 e. The summed E-state index contributed by atoms with van der Waals surface area (Å²) >= 11 is 0. The molecule has 1 unspecified atom stereocenters. The zero-order chi connectivity index (χ0) is 18.8. The number of rotatable bonds is 5. The van der Waals surface area contributed by atoms with Crippen LogP contribution in [0.5, 0.6) is 0 Å². The molecule has 1 N–H and O–H groups in total. The zero-order valence-electron chi connectivity index (χ0n) is 16.4. The minimum absolute atomic E-state index is 0. The lowest BCUT2D eigenvalue weighted by molar-refractivity contribution is -0.0609. The van der Waals surface area contributed by atoms with Crippen molar-refractivity contribution < 1.29 is 13.2 Å². The molecule has 2 aliphatic heterocycles. The summed E-state index contributed by atoms with van der Waals surface area (Å²) in [4.78, 5) is 11.6. The molecular weight excluding hydrogens is 388 g/mol. The van der Waals surface area contributed by atoms with Crippen LogP contribution in [0.2, 0.25) is 0 Å². The van der Waals surface area contributed by atoms with Gasteiger partial charge in [0.05, 0.1) is 24.1 Å². The fraction of sp³-hybridized carbons (Fsp3) is 0.778. The molecule has 154 valence electrons. The minimum Gasteiger partial charge on any atom is -0.371 e. The van der Waals surface area contributed by atoms with E-state index in [4.69, 9.17) is 9.72 Å². The summed E-state index contributed by atoms with van der Waals surface area (Å²) in [5, 5.41) is 3.35. The number of ether oxygens (including phenoxy) is 1. The highest BCUT2D eigenvalue weighted by molar-refractivity contribution is 7.90. The van der Waals surface area contributed by atoms with Crippen LogP contribution in [-0.2, 0) is 14.6 Å². The van der Waals surface area contributed by atoms with Gasteiger partial charge in [-0.05, 0) is 32.2 Å². The second kappa shape index (κ2) is 9.03. The first-order valence-electron chi connectivity index (χ1n) is 9.55. The van der Waals surface area contributed by atoms with Gasteiger partial charge in [-0.2, -0.15) is 0 Å². The molecule has 27 heavy (non-hydrogen) atoms. The van der Waals surface area contributed by atoms with Crippen LogP contribution in [0.1, 0.15) is 51.1 Å². The van der Waals surface area contributed by atoms with Crippen molar-refractivity contribution in [3.63, 3.8) is 0 Å². The molecule has 1 aromatic rings. The van der Waals surface area contributed by atoms with Crippen molar-refractivity contribution in [1.29, 1.82) is 0 Å². The minimum atomic E-state index is -3.36. The van der Waals surface area contributed by atoms with Crippen LogP contribution >= 0.6 is 12.4 Å². The number of sulfone groups is 1. The van der Waals surface area contributed by atoms with Crippen LogP contribution < -0.4 is 10.2 Å². The second-order valence-electron chi connectivity index (χ2n) is 7.40. The number of nitrogens with one attached hydrogen (secondary N) is 1.